The lowest BCUT2D eigenvalue weighted by molar-refractivity contribution is 0.126. The van der Waals surface area contributed by atoms with Crippen molar-refractivity contribution in [2.75, 3.05) is 32.8 Å². The zero-order valence-corrected chi connectivity index (χ0v) is 11.4. The predicted molar refractivity (Wildman–Crippen MR) is 71.4 cm³/mol. The summed E-state index contributed by atoms with van der Waals surface area (Å²) >= 11 is 3.50. The van der Waals surface area contributed by atoms with Crippen molar-refractivity contribution in [1.29, 1.82) is 0 Å². The minimum Gasteiger partial charge on any atom is -0.493 e. The van der Waals surface area contributed by atoms with Crippen LogP contribution in [0.3, 0.4) is 0 Å². The van der Waals surface area contributed by atoms with Gasteiger partial charge in [0, 0.05) is 48.7 Å². The van der Waals surface area contributed by atoms with Crippen LogP contribution in [0.5, 0.6) is 5.75 Å². The predicted octanol–water partition coefficient (Wildman–Crippen LogP) is 2.18. The van der Waals surface area contributed by atoms with Crippen molar-refractivity contribution in [2.24, 2.45) is 0 Å². The van der Waals surface area contributed by atoms with Gasteiger partial charge in [0.1, 0.15) is 5.75 Å². The summed E-state index contributed by atoms with van der Waals surface area (Å²) in [6.45, 7) is 5.31. The highest BCUT2D eigenvalue weighted by Crippen LogP contribution is 2.37. The summed E-state index contributed by atoms with van der Waals surface area (Å²) in [7, 11) is 0. The maximum absolute atomic E-state index is 5.75. The first-order chi connectivity index (χ1) is 8.34. The third-order valence-corrected chi connectivity index (χ3v) is 4.07. The van der Waals surface area contributed by atoms with Gasteiger partial charge in [-0.15, -0.1) is 0 Å². The number of hydrogen-bond acceptors (Lipinski definition) is 3. The van der Waals surface area contributed by atoms with E-state index in [0.717, 1.165) is 49.4 Å². The fourth-order valence-electron chi connectivity index (χ4n) is 2.72. The number of rotatable bonds is 1. The number of fused-ring (bicyclic) bond motifs is 1. The van der Waals surface area contributed by atoms with Crippen molar-refractivity contribution >= 4 is 15.9 Å². The zero-order valence-electron chi connectivity index (χ0n) is 9.79. The van der Waals surface area contributed by atoms with Crippen molar-refractivity contribution in [3.05, 3.63) is 28.2 Å². The fraction of sp³-hybridized carbons (Fsp3) is 0.538. The van der Waals surface area contributed by atoms with Gasteiger partial charge in [0.05, 0.1) is 6.61 Å². The third-order valence-electron chi connectivity index (χ3n) is 3.58. The van der Waals surface area contributed by atoms with Gasteiger partial charge in [0.25, 0.3) is 0 Å². The zero-order chi connectivity index (χ0) is 11.7. The second kappa shape index (κ2) is 4.96. The molecule has 0 spiro atoms. The Balaban J connectivity index is 1.88. The number of halogens is 1. The van der Waals surface area contributed by atoms with Crippen LogP contribution in [0.1, 0.15) is 18.0 Å². The first-order valence-corrected chi connectivity index (χ1v) is 7.01. The first-order valence-electron chi connectivity index (χ1n) is 6.21. The average molecular weight is 297 g/mol. The molecular formula is C13H17BrN2O. The average Bonchev–Trinajstić information content (AvgIpc) is 2.39. The molecular weight excluding hydrogens is 280 g/mol. The minimum absolute atomic E-state index is 0.536. The Morgan fingerprint density at radius 3 is 2.94 bits per heavy atom. The lowest BCUT2D eigenvalue weighted by Gasteiger charge is -2.38. The highest BCUT2D eigenvalue weighted by molar-refractivity contribution is 9.10. The topological polar surface area (TPSA) is 24.5 Å². The lowest BCUT2D eigenvalue weighted by Crippen LogP contribution is -2.46. The van der Waals surface area contributed by atoms with Crippen LogP contribution in [-0.4, -0.2) is 37.7 Å². The van der Waals surface area contributed by atoms with Crippen LogP contribution >= 0.6 is 15.9 Å². The van der Waals surface area contributed by atoms with E-state index in [1.54, 1.807) is 0 Å². The Kier molecular flexibility index (Phi) is 3.36. The standard InChI is InChI=1S/C13H17BrN2O/c14-10-1-2-11-12(3-8-17-13(11)9-10)16-6-4-15-5-7-16/h1-2,9,12,15H,3-8H2. The van der Waals surface area contributed by atoms with Crippen molar-refractivity contribution in [3.63, 3.8) is 0 Å². The van der Waals surface area contributed by atoms with E-state index in [1.807, 2.05) is 0 Å². The summed E-state index contributed by atoms with van der Waals surface area (Å²) in [5.41, 5.74) is 1.35. The molecule has 17 heavy (non-hydrogen) atoms. The maximum atomic E-state index is 5.75. The van der Waals surface area contributed by atoms with Crippen molar-refractivity contribution in [2.45, 2.75) is 12.5 Å². The van der Waals surface area contributed by atoms with E-state index in [-0.39, 0.29) is 0 Å². The number of nitrogens with zero attached hydrogens (tertiary/aromatic N) is 1. The van der Waals surface area contributed by atoms with E-state index in [0.29, 0.717) is 6.04 Å². The summed E-state index contributed by atoms with van der Waals surface area (Å²) in [6.07, 6.45) is 1.11. The Bertz CT molecular complexity index is 404. The van der Waals surface area contributed by atoms with Crippen LogP contribution in [0.2, 0.25) is 0 Å². The lowest BCUT2D eigenvalue weighted by atomic mass is 9.98. The molecule has 4 heteroatoms. The van der Waals surface area contributed by atoms with Gasteiger partial charge in [-0.3, -0.25) is 4.90 Å². The number of benzene rings is 1. The Morgan fingerprint density at radius 2 is 2.12 bits per heavy atom. The summed E-state index contributed by atoms with van der Waals surface area (Å²) in [4.78, 5) is 2.58. The molecule has 1 unspecified atom stereocenters. The van der Waals surface area contributed by atoms with Gasteiger partial charge in [-0.25, -0.2) is 0 Å². The highest BCUT2D eigenvalue weighted by Gasteiger charge is 2.27. The summed E-state index contributed by atoms with van der Waals surface area (Å²) in [6, 6.07) is 6.94. The molecule has 1 aromatic rings. The van der Waals surface area contributed by atoms with E-state index in [9.17, 15) is 0 Å². The van der Waals surface area contributed by atoms with Gasteiger partial charge in [0.15, 0.2) is 0 Å². The van der Waals surface area contributed by atoms with E-state index in [4.69, 9.17) is 4.74 Å². The van der Waals surface area contributed by atoms with E-state index in [1.165, 1.54) is 5.56 Å². The number of piperazine rings is 1. The van der Waals surface area contributed by atoms with Gasteiger partial charge < -0.3 is 10.1 Å². The van der Waals surface area contributed by atoms with Gasteiger partial charge >= 0.3 is 0 Å². The van der Waals surface area contributed by atoms with Crippen LogP contribution in [0, 0.1) is 0 Å². The van der Waals surface area contributed by atoms with Crippen LogP contribution in [-0.2, 0) is 0 Å². The molecule has 2 aliphatic rings. The van der Waals surface area contributed by atoms with Crippen LogP contribution < -0.4 is 10.1 Å². The molecule has 3 nitrogen and oxygen atoms in total. The second-order valence-corrected chi connectivity index (χ2v) is 5.54. The molecule has 1 N–H and O–H groups in total. The van der Waals surface area contributed by atoms with Gasteiger partial charge in [-0.1, -0.05) is 22.0 Å². The van der Waals surface area contributed by atoms with E-state index in [2.05, 4.69) is 44.3 Å². The molecule has 3 rings (SSSR count). The Labute approximate surface area is 110 Å². The monoisotopic (exact) mass is 296 g/mol. The molecule has 92 valence electrons. The number of ether oxygens (including phenoxy) is 1. The molecule has 2 aliphatic heterocycles. The van der Waals surface area contributed by atoms with E-state index >= 15 is 0 Å². The first kappa shape index (κ1) is 11.5. The molecule has 1 fully saturated rings. The molecule has 0 aliphatic carbocycles. The van der Waals surface area contributed by atoms with Gasteiger partial charge in [0.2, 0.25) is 0 Å². The molecule has 0 bridgehead atoms. The SMILES string of the molecule is Brc1ccc2c(c1)OCCC2N1CCNCC1. The van der Waals surface area contributed by atoms with Crippen molar-refractivity contribution in [1.82, 2.24) is 10.2 Å². The molecule has 0 saturated carbocycles. The van der Waals surface area contributed by atoms with Crippen molar-refractivity contribution in [3.8, 4) is 5.75 Å². The van der Waals surface area contributed by atoms with Crippen LogP contribution in [0.15, 0.2) is 22.7 Å². The summed E-state index contributed by atoms with van der Waals surface area (Å²) in [5, 5.41) is 3.41. The third kappa shape index (κ3) is 2.34. The molecule has 0 amide bonds. The molecule has 0 radical (unpaired) electrons. The Hall–Kier alpha value is -0.580. The molecule has 1 saturated heterocycles. The number of nitrogens with one attached hydrogen (secondary N) is 1. The second-order valence-electron chi connectivity index (χ2n) is 4.62. The van der Waals surface area contributed by atoms with Crippen molar-refractivity contribution < 1.29 is 4.74 Å². The molecule has 2 heterocycles. The van der Waals surface area contributed by atoms with Crippen LogP contribution in [0.4, 0.5) is 0 Å². The summed E-state index contributed by atoms with van der Waals surface area (Å²) in [5.74, 6) is 1.05. The Morgan fingerprint density at radius 1 is 1.29 bits per heavy atom. The van der Waals surface area contributed by atoms with Gasteiger partial charge in [-0.2, -0.15) is 0 Å². The molecule has 1 atom stereocenters. The van der Waals surface area contributed by atoms with Gasteiger partial charge in [-0.05, 0) is 12.1 Å². The maximum Gasteiger partial charge on any atom is 0.125 e. The fourth-order valence-corrected chi connectivity index (χ4v) is 3.06. The molecule has 1 aromatic carbocycles. The minimum atomic E-state index is 0.536. The quantitative estimate of drug-likeness (QED) is 0.860. The smallest absolute Gasteiger partial charge is 0.125 e. The van der Waals surface area contributed by atoms with Crippen LogP contribution in [0.25, 0.3) is 0 Å². The largest absolute Gasteiger partial charge is 0.493 e. The molecule has 0 aromatic heterocycles. The normalized spacial score (nSPS) is 25.1. The summed E-state index contributed by atoms with van der Waals surface area (Å²) < 4.78 is 6.85. The number of hydrogen-bond donors (Lipinski definition) is 1. The van der Waals surface area contributed by atoms with E-state index < -0.39 is 0 Å². The highest BCUT2D eigenvalue weighted by atomic mass is 79.9.